The maximum absolute atomic E-state index is 12.9. The first-order valence-corrected chi connectivity index (χ1v) is 12.6. The average Bonchev–Trinajstić information content (AvgIpc) is 3.48. The fraction of sp³-hybridized carbons (Fsp3) is 0.520. The van der Waals surface area contributed by atoms with Crippen LogP contribution in [-0.4, -0.2) is 51.8 Å². The Hall–Kier alpha value is -2.94. The highest BCUT2D eigenvalue weighted by Crippen LogP contribution is 2.36. The third-order valence-corrected chi connectivity index (χ3v) is 8.00. The van der Waals surface area contributed by atoms with Gasteiger partial charge in [-0.3, -0.25) is 19.3 Å². The predicted molar refractivity (Wildman–Crippen MR) is 128 cm³/mol. The molecule has 1 saturated carbocycles. The normalized spacial score (nSPS) is 22.3. The molecule has 9 heteroatoms. The molecule has 2 aliphatic rings. The molecule has 0 atom stereocenters. The summed E-state index contributed by atoms with van der Waals surface area (Å²) in [6.07, 6.45) is 3.73. The summed E-state index contributed by atoms with van der Waals surface area (Å²) in [5.74, 6) is -0.941. The Balaban J connectivity index is 1.32. The zero-order valence-corrected chi connectivity index (χ0v) is 20.7. The number of urea groups is 1. The number of ketones is 1. The maximum Gasteiger partial charge on any atom is 0.326 e. The highest BCUT2D eigenvalue weighted by molar-refractivity contribution is 7.09. The number of rotatable bonds is 8. The van der Waals surface area contributed by atoms with Gasteiger partial charge < -0.3 is 14.6 Å². The van der Waals surface area contributed by atoms with E-state index in [1.807, 2.05) is 31.4 Å². The lowest BCUT2D eigenvalue weighted by molar-refractivity contribution is -0.147. The Morgan fingerprint density at radius 2 is 1.97 bits per heavy atom. The second kappa shape index (κ2) is 9.74. The molecule has 4 rings (SSSR count). The largest absolute Gasteiger partial charge is 0.456 e. The van der Waals surface area contributed by atoms with Crippen LogP contribution in [0.2, 0.25) is 0 Å². The zero-order valence-electron chi connectivity index (χ0n) is 19.9. The smallest absolute Gasteiger partial charge is 0.326 e. The number of nitrogens with one attached hydrogen (secondary N) is 1. The number of aromatic nitrogens is 1. The summed E-state index contributed by atoms with van der Waals surface area (Å²) >= 11 is 1.70. The third kappa shape index (κ3) is 4.80. The molecule has 1 aliphatic carbocycles. The molecule has 34 heavy (non-hydrogen) atoms. The second-order valence-electron chi connectivity index (χ2n) is 9.44. The number of Topliss-reactive ketones (excluding diaryl/α,β-unsaturated/α-hetero) is 1. The average molecular weight is 486 g/mol. The zero-order chi connectivity index (χ0) is 24.5. The number of hydrogen-bond donors (Lipinski definition) is 1. The number of thiophene rings is 1. The number of nitrogens with zero attached hydrogens (tertiary/aromatic N) is 2. The molecular formula is C25H31N3O5S. The number of aryl methyl sites for hydroxylation is 2. The van der Waals surface area contributed by atoms with E-state index < -0.39 is 30.7 Å². The van der Waals surface area contributed by atoms with Crippen LogP contribution in [-0.2, 0) is 27.3 Å². The van der Waals surface area contributed by atoms with Crippen molar-refractivity contribution in [3.8, 4) is 0 Å². The minimum atomic E-state index is -0.902. The third-order valence-electron chi connectivity index (χ3n) is 7.06. The molecule has 1 saturated heterocycles. The topological polar surface area (TPSA) is 97.7 Å². The lowest BCUT2D eigenvalue weighted by Gasteiger charge is -2.33. The van der Waals surface area contributed by atoms with E-state index in [-0.39, 0.29) is 11.7 Å². The van der Waals surface area contributed by atoms with Gasteiger partial charge in [0, 0.05) is 28.4 Å². The SMILES string of the molecule is Cc1cc(C(=O)COC(=O)CN2C(=O)NC3(CCC(C)CC3)C2=O)c(C)n1CCc1cccs1. The molecule has 1 aliphatic heterocycles. The summed E-state index contributed by atoms with van der Waals surface area (Å²) in [4.78, 5) is 52.6. The van der Waals surface area contributed by atoms with E-state index in [0.29, 0.717) is 24.3 Å². The molecule has 0 radical (unpaired) electrons. The lowest BCUT2D eigenvalue weighted by atomic mass is 9.77. The molecule has 2 fully saturated rings. The van der Waals surface area contributed by atoms with Gasteiger partial charge in [0.15, 0.2) is 6.61 Å². The number of carbonyl (C=O) groups excluding carboxylic acids is 4. The van der Waals surface area contributed by atoms with Crippen molar-refractivity contribution in [2.45, 2.75) is 65.0 Å². The van der Waals surface area contributed by atoms with E-state index in [2.05, 4.69) is 22.9 Å². The van der Waals surface area contributed by atoms with Gasteiger partial charge in [-0.15, -0.1) is 11.3 Å². The van der Waals surface area contributed by atoms with Crippen molar-refractivity contribution in [2.75, 3.05) is 13.2 Å². The highest BCUT2D eigenvalue weighted by atomic mass is 32.1. The lowest BCUT2D eigenvalue weighted by Crippen LogP contribution is -2.49. The van der Waals surface area contributed by atoms with E-state index in [0.717, 1.165) is 42.1 Å². The Morgan fingerprint density at radius 3 is 2.65 bits per heavy atom. The predicted octanol–water partition coefficient (Wildman–Crippen LogP) is 3.64. The molecule has 2 aromatic rings. The minimum Gasteiger partial charge on any atom is -0.456 e. The number of hydrogen-bond acceptors (Lipinski definition) is 6. The summed E-state index contributed by atoms with van der Waals surface area (Å²) in [7, 11) is 0. The summed E-state index contributed by atoms with van der Waals surface area (Å²) in [5, 5.41) is 4.83. The molecule has 3 heterocycles. The Morgan fingerprint density at radius 1 is 1.24 bits per heavy atom. The van der Waals surface area contributed by atoms with Gasteiger partial charge in [-0.2, -0.15) is 0 Å². The standard InChI is InChI=1S/C25H31N3O5S/c1-16-6-9-25(10-7-16)23(31)28(24(32)26-25)14-22(30)33-15-21(29)20-13-17(2)27(18(20)3)11-8-19-5-4-12-34-19/h4-5,12-13,16H,6-11,14-15H2,1-3H3,(H,26,32). The van der Waals surface area contributed by atoms with Crippen molar-refractivity contribution in [2.24, 2.45) is 5.92 Å². The molecular weight excluding hydrogens is 454 g/mol. The van der Waals surface area contributed by atoms with Crippen LogP contribution in [0.15, 0.2) is 23.6 Å². The van der Waals surface area contributed by atoms with Gasteiger partial charge in [0.1, 0.15) is 12.1 Å². The van der Waals surface area contributed by atoms with Crippen molar-refractivity contribution in [1.29, 1.82) is 0 Å². The first-order valence-electron chi connectivity index (χ1n) is 11.7. The van der Waals surface area contributed by atoms with Crippen molar-refractivity contribution >= 4 is 35.0 Å². The van der Waals surface area contributed by atoms with E-state index in [1.54, 1.807) is 11.3 Å². The minimum absolute atomic E-state index is 0.307. The van der Waals surface area contributed by atoms with Gasteiger partial charge in [-0.25, -0.2) is 4.79 Å². The summed E-state index contributed by atoms with van der Waals surface area (Å²) < 4.78 is 7.25. The van der Waals surface area contributed by atoms with E-state index in [1.165, 1.54) is 4.88 Å². The van der Waals surface area contributed by atoms with Crippen molar-refractivity contribution in [3.05, 3.63) is 45.4 Å². The molecule has 1 N–H and O–H groups in total. The van der Waals surface area contributed by atoms with Gasteiger partial charge >= 0.3 is 12.0 Å². The van der Waals surface area contributed by atoms with Gasteiger partial charge in [0.25, 0.3) is 5.91 Å². The summed E-state index contributed by atoms with van der Waals surface area (Å²) in [6, 6.07) is 5.35. The van der Waals surface area contributed by atoms with Gasteiger partial charge in [-0.1, -0.05) is 13.0 Å². The van der Waals surface area contributed by atoms with E-state index in [9.17, 15) is 19.2 Å². The summed E-state index contributed by atoms with van der Waals surface area (Å²) in [5.41, 5.74) is 1.41. The second-order valence-corrected chi connectivity index (χ2v) is 10.5. The molecule has 3 amide bonds. The fourth-order valence-corrected chi connectivity index (χ4v) is 5.61. The number of ether oxygens (including phenoxy) is 1. The van der Waals surface area contributed by atoms with Crippen LogP contribution >= 0.6 is 11.3 Å². The van der Waals surface area contributed by atoms with E-state index in [4.69, 9.17) is 4.74 Å². The maximum atomic E-state index is 12.9. The molecule has 0 aromatic carbocycles. The first-order chi connectivity index (χ1) is 16.2. The van der Waals surface area contributed by atoms with Crippen LogP contribution in [0.3, 0.4) is 0 Å². The van der Waals surface area contributed by atoms with Crippen LogP contribution in [0.1, 0.15) is 59.2 Å². The first kappa shape index (κ1) is 24.2. The van der Waals surface area contributed by atoms with Gasteiger partial charge in [-0.05, 0) is 69.4 Å². The van der Waals surface area contributed by atoms with Crippen LogP contribution < -0.4 is 5.32 Å². The van der Waals surface area contributed by atoms with Gasteiger partial charge in [0.2, 0.25) is 5.78 Å². The number of amides is 3. The highest BCUT2D eigenvalue weighted by Gasteiger charge is 2.52. The molecule has 0 bridgehead atoms. The molecule has 0 unspecified atom stereocenters. The number of carbonyl (C=O) groups is 4. The quantitative estimate of drug-likeness (QED) is 0.350. The van der Waals surface area contributed by atoms with Crippen LogP contribution in [0.4, 0.5) is 4.79 Å². The van der Waals surface area contributed by atoms with Gasteiger partial charge in [0.05, 0.1) is 0 Å². The Kier molecular flexibility index (Phi) is 6.93. The Bertz CT molecular complexity index is 1100. The molecule has 2 aromatic heterocycles. The van der Waals surface area contributed by atoms with E-state index >= 15 is 0 Å². The summed E-state index contributed by atoms with van der Waals surface area (Å²) in [6.45, 7) is 5.80. The van der Waals surface area contributed by atoms with Crippen LogP contribution in [0.5, 0.6) is 0 Å². The van der Waals surface area contributed by atoms with Crippen LogP contribution in [0, 0.1) is 19.8 Å². The molecule has 1 spiro atoms. The number of esters is 1. The molecule has 8 nitrogen and oxygen atoms in total. The number of imide groups is 1. The monoisotopic (exact) mass is 485 g/mol. The van der Waals surface area contributed by atoms with Crippen LogP contribution in [0.25, 0.3) is 0 Å². The van der Waals surface area contributed by atoms with Crippen molar-refractivity contribution in [1.82, 2.24) is 14.8 Å². The fourth-order valence-electron chi connectivity index (χ4n) is 4.92. The Labute approximate surface area is 203 Å². The molecule has 182 valence electrons. The van der Waals surface area contributed by atoms with Crippen molar-refractivity contribution in [3.63, 3.8) is 0 Å². The van der Waals surface area contributed by atoms with Crippen molar-refractivity contribution < 1.29 is 23.9 Å².